The van der Waals surface area contributed by atoms with E-state index in [9.17, 15) is 4.79 Å². The predicted molar refractivity (Wildman–Crippen MR) is 66.5 cm³/mol. The van der Waals surface area contributed by atoms with Crippen LogP contribution in [0.3, 0.4) is 0 Å². The minimum Gasteiger partial charge on any atom is -0.338 e. The van der Waals surface area contributed by atoms with E-state index in [0.717, 1.165) is 19.5 Å². The Hall–Kier alpha value is -0.770. The zero-order chi connectivity index (χ0) is 12.0. The van der Waals surface area contributed by atoms with Crippen molar-refractivity contribution in [3.05, 3.63) is 0 Å². The van der Waals surface area contributed by atoms with Gasteiger partial charge in [-0.15, -0.1) is 0 Å². The maximum atomic E-state index is 11.5. The van der Waals surface area contributed by atoms with E-state index < -0.39 is 0 Å². The van der Waals surface area contributed by atoms with Crippen molar-refractivity contribution < 1.29 is 4.79 Å². The monoisotopic (exact) mass is 227 g/mol. The van der Waals surface area contributed by atoms with Gasteiger partial charge in [0.2, 0.25) is 0 Å². The lowest BCUT2D eigenvalue weighted by atomic mass is 10.0. The van der Waals surface area contributed by atoms with Crippen LogP contribution in [0.1, 0.15) is 46.5 Å². The van der Waals surface area contributed by atoms with Crippen LogP contribution >= 0.6 is 0 Å². The Morgan fingerprint density at radius 3 is 2.69 bits per heavy atom. The number of hydrogen-bond acceptors (Lipinski definition) is 2. The van der Waals surface area contributed by atoms with E-state index >= 15 is 0 Å². The molecule has 4 heteroatoms. The minimum atomic E-state index is -0.160. The third-order valence-electron chi connectivity index (χ3n) is 2.68. The quantitative estimate of drug-likeness (QED) is 0.686. The Labute approximate surface area is 98.6 Å². The lowest BCUT2D eigenvalue weighted by molar-refractivity contribution is 0.231. The first-order valence-electron chi connectivity index (χ1n) is 6.27. The summed E-state index contributed by atoms with van der Waals surface area (Å²) in [5.74, 6) is 0. The molecule has 1 aliphatic heterocycles. The van der Waals surface area contributed by atoms with Crippen molar-refractivity contribution in [3.63, 3.8) is 0 Å². The molecule has 0 radical (unpaired) electrons. The highest BCUT2D eigenvalue weighted by atomic mass is 16.2. The number of rotatable bonds is 3. The summed E-state index contributed by atoms with van der Waals surface area (Å²) in [5, 5.41) is 9.25. The smallest absolute Gasteiger partial charge is 0.315 e. The maximum Gasteiger partial charge on any atom is 0.315 e. The molecule has 1 aliphatic rings. The van der Waals surface area contributed by atoms with E-state index in [2.05, 4.69) is 16.0 Å². The summed E-state index contributed by atoms with van der Waals surface area (Å²) >= 11 is 0. The van der Waals surface area contributed by atoms with Gasteiger partial charge in [-0.25, -0.2) is 4.79 Å². The molecule has 94 valence electrons. The number of carbonyl (C=O) groups is 1. The van der Waals surface area contributed by atoms with Crippen molar-refractivity contribution in [2.24, 2.45) is 0 Å². The van der Waals surface area contributed by atoms with Gasteiger partial charge in [0.05, 0.1) is 0 Å². The van der Waals surface area contributed by atoms with Gasteiger partial charge >= 0.3 is 6.03 Å². The van der Waals surface area contributed by atoms with Gasteiger partial charge in [0.25, 0.3) is 0 Å². The van der Waals surface area contributed by atoms with Crippen molar-refractivity contribution in [1.82, 2.24) is 16.0 Å². The second-order valence-electron chi connectivity index (χ2n) is 5.57. The molecule has 0 aromatic carbocycles. The molecule has 1 saturated heterocycles. The lowest BCUT2D eigenvalue weighted by Gasteiger charge is -2.24. The first kappa shape index (κ1) is 13.3. The summed E-state index contributed by atoms with van der Waals surface area (Å²) in [7, 11) is 0. The molecule has 0 saturated carbocycles. The van der Waals surface area contributed by atoms with E-state index in [1.54, 1.807) is 0 Å². The second kappa shape index (κ2) is 6.09. The van der Waals surface area contributed by atoms with E-state index in [0.29, 0.717) is 6.04 Å². The Balaban J connectivity index is 2.08. The van der Waals surface area contributed by atoms with Crippen molar-refractivity contribution in [2.45, 2.75) is 58.0 Å². The van der Waals surface area contributed by atoms with E-state index in [4.69, 9.17) is 0 Å². The number of hydrogen-bond donors (Lipinski definition) is 3. The summed E-state index contributed by atoms with van der Waals surface area (Å²) in [6.07, 6.45) is 4.86. The molecule has 4 nitrogen and oxygen atoms in total. The van der Waals surface area contributed by atoms with Crippen molar-refractivity contribution >= 4 is 6.03 Å². The van der Waals surface area contributed by atoms with E-state index in [1.807, 2.05) is 20.8 Å². The van der Waals surface area contributed by atoms with Crippen LogP contribution in [0.15, 0.2) is 0 Å². The van der Waals surface area contributed by atoms with Crippen molar-refractivity contribution in [3.8, 4) is 0 Å². The normalized spacial score (nSPS) is 21.6. The van der Waals surface area contributed by atoms with Crippen LogP contribution in [0.25, 0.3) is 0 Å². The van der Waals surface area contributed by atoms with Gasteiger partial charge < -0.3 is 16.0 Å². The van der Waals surface area contributed by atoms with Crippen LogP contribution in [-0.2, 0) is 0 Å². The standard InChI is InChI=1S/C12H25N3O/c1-12(2,3)15-11(16)14-9-7-10-6-4-5-8-13-10/h10,13H,4-9H2,1-3H3,(H2,14,15,16). The average molecular weight is 227 g/mol. The fourth-order valence-corrected chi connectivity index (χ4v) is 1.92. The lowest BCUT2D eigenvalue weighted by Crippen LogP contribution is -2.47. The highest BCUT2D eigenvalue weighted by Crippen LogP contribution is 2.09. The van der Waals surface area contributed by atoms with Gasteiger partial charge in [0.1, 0.15) is 0 Å². The first-order valence-corrected chi connectivity index (χ1v) is 6.27. The summed E-state index contributed by atoms with van der Waals surface area (Å²) in [6.45, 7) is 7.82. The molecule has 2 amide bonds. The minimum absolute atomic E-state index is 0.0664. The second-order valence-corrected chi connectivity index (χ2v) is 5.57. The fourth-order valence-electron chi connectivity index (χ4n) is 1.92. The number of nitrogens with one attached hydrogen (secondary N) is 3. The average Bonchev–Trinajstić information content (AvgIpc) is 2.16. The van der Waals surface area contributed by atoms with Gasteiger partial charge in [0, 0.05) is 18.1 Å². The highest BCUT2D eigenvalue weighted by Gasteiger charge is 2.15. The SMILES string of the molecule is CC(C)(C)NC(=O)NCCC1CCCCN1. The fraction of sp³-hybridized carbons (Fsp3) is 0.917. The molecule has 1 fully saturated rings. The topological polar surface area (TPSA) is 53.2 Å². The summed E-state index contributed by atoms with van der Waals surface area (Å²) in [5.41, 5.74) is -0.160. The zero-order valence-electron chi connectivity index (χ0n) is 10.7. The van der Waals surface area contributed by atoms with Gasteiger partial charge in [-0.1, -0.05) is 6.42 Å². The van der Waals surface area contributed by atoms with E-state index in [1.165, 1.54) is 19.3 Å². The molecule has 1 heterocycles. The molecular formula is C12H25N3O. The molecule has 0 spiro atoms. The van der Waals surface area contributed by atoms with Gasteiger partial charge in [0.15, 0.2) is 0 Å². The Morgan fingerprint density at radius 2 is 2.12 bits per heavy atom. The maximum absolute atomic E-state index is 11.5. The molecule has 1 unspecified atom stereocenters. The molecular weight excluding hydrogens is 202 g/mol. The Kier molecular flexibility index (Phi) is 5.06. The third kappa shape index (κ3) is 5.95. The summed E-state index contributed by atoms with van der Waals surface area (Å²) in [6, 6.07) is 0.520. The van der Waals surface area contributed by atoms with Crippen LogP contribution < -0.4 is 16.0 Å². The highest BCUT2D eigenvalue weighted by molar-refractivity contribution is 5.74. The Bertz CT molecular complexity index is 217. The number of piperidine rings is 1. The van der Waals surface area contributed by atoms with Crippen LogP contribution in [0, 0.1) is 0 Å². The third-order valence-corrected chi connectivity index (χ3v) is 2.68. The van der Waals surface area contributed by atoms with Crippen LogP contribution in [0.5, 0.6) is 0 Å². The van der Waals surface area contributed by atoms with Crippen molar-refractivity contribution in [2.75, 3.05) is 13.1 Å². The number of amides is 2. The largest absolute Gasteiger partial charge is 0.338 e. The molecule has 0 aromatic rings. The summed E-state index contributed by atoms with van der Waals surface area (Å²) in [4.78, 5) is 11.5. The molecule has 0 bridgehead atoms. The van der Waals surface area contributed by atoms with Crippen LogP contribution in [0.4, 0.5) is 4.79 Å². The molecule has 0 aromatic heterocycles. The summed E-state index contributed by atoms with van der Waals surface area (Å²) < 4.78 is 0. The van der Waals surface area contributed by atoms with Gasteiger partial charge in [-0.05, 0) is 46.6 Å². The molecule has 1 rings (SSSR count). The molecule has 16 heavy (non-hydrogen) atoms. The molecule has 1 atom stereocenters. The first-order chi connectivity index (χ1) is 7.47. The number of urea groups is 1. The predicted octanol–water partition coefficient (Wildman–Crippen LogP) is 1.62. The molecule has 0 aliphatic carbocycles. The number of carbonyl (C=O) groups excluding carboxylic acids is 1. The van der Waals surface area contributed by atoms with Crippen LogP contribution in [-0.4, -0.2) is 30.7 Å². The van der Waals surface area contributed by atoms with E-state index in [-0.39, 0.29) is 11.6 Å². The van der Waals surface area contributed by atoms with Crippen molar-refractivity contribution in [1.29, 1.82) is 0 Å². The van der Waals surface area contributed by atoms with Crippen LogP contribution in [0.2, 0.25) is 0 Å². The van der Waals surface area contributed by atoms with Gasteiger partial charge in [-0.2, -0.15) is 0 Å². The zero-order valence-corrected chi connectivity index (χ0v) is 10.7. The Morgan fingerprint density at radius 1 is 1.38 bits per heavy atom. The van der Waals surface area contributed by atoms with Gasteiger partial charge in [-0.3, -0.25) is 0 Å². The molecule has 3 N–H and O–H groups in total.